The summed E-state index contributed by atoms with van der Waals surface area (Å²) in [6.45, 7) is 2.36. The van der Waals surface area contributed by atoms with Gasteiger partial charge in [0, 0.05) is 29.0 Å². The molecule has 1 aromatic carbocycles. The lowest BCUT2D eigenvalue weighted by Gasteiger charge is -2.09. The highest BCUT2D eigenvalue weighted by Crippen LogP contribution is 2.42. The van der Waals surface area contributed by atoms with E-state index >= 15 is 0 Å². The predicted molar refractivity (Wildman–Crippen MR) is 80.8 cm³/mol. The summed E-state index contributed by atoms with van der Waals surface area (Å²) in [6, 6.07) is 3.91. The number of amides is 1. The van der Waals surface area contributed by atoms with Crippen LogP contribution in [0.15, 0.2) is 16.6 Å². The van der Waals surface area contributed by atoms with Gasteiger partial charge in [-0.05, 0) is 18.6 Å². The summed E-state index contributed by atoms with van der Waals surface area (Å²) in [5.74, 6) is -0.0214. The van der Waals surface area contributed by atoms with Gasteiger partial charge >= 0.3 is 0 Å². The first kappa shape index (κ1) is 13.3. The van der Waals surface area contributed by atoms with Crippen LogP contribution in [0.4, 0.5) is 0 Å². The second-order valence-electron chi connectivity index (χ2n) is 4.68. The summed E-state index contributed by atoms with van der Waals surface area (Å²) in [4.78, 5) is 11.2. The van der Waals surface area contributed by atoms with Crippen LogP contribution in [0.5, 0.6) is 0 Å². The van der Waals surface area contributed by atoms with Gasteiger partial charge in [-0.2, -0.15) is 0 Å². The maximum atomic E-state index is 11.2. The molecule has 0 bridgehead atoms. The topological polar surface area (TPSA) is 34.0 Å². The largest absolute Gasteiger partial charge is 0.348 e. The van der Waals surface area contributed by atoms with Crippen molar-refractivity contribution in [2.75, 3.05) is 0 Å². The molecule has 19 heavy (non-hydrogen) atoms. The van der Waals surface area contributed by atoms with E-state index in [0.29, 0.717) is 10.0 Å². The van der Waals surface area contributed by atoms with E-state index in [1.165, 1.54) is 6.92 Å². The third-order valence-corrected chi connectivity index (χ3v) is 4.87. The molecule has 0 fully saturated rings. The standard InChI is InChI=1S/C13H11BrCl2N2O/c1-6(19)17-10-2-3-18-11(10)4-7-8(14)5-9(15)12(16)13(7)18/h4-5,10H,2-3H2,1H3,(H,17,19)/t10-/m1/s1. The van der Waals surface area contributed by atoms with Gasteiger partial charge in [-0.25, -0.2) is 0 Å². The Kier molecular flexibility index (Phi) is 3.28. The van der Waals surface area contributed by atoms with Gasteiger partial charge < -0.3 is 9.88 Å². The van der Waals surface area contributed by atoms with Gasteiger partial charge in [-0.1, -0.05) is 39.1 Å². The van der Waals surface area contributed by atoms with Crippen LogP contribution in [0, 0.1) is 0 Å². The first-order valence-corrected chi connectivity index (χ1v) is 7.47. The van der Waals surface area contributed by atoms with E-state index in [4.69, 9.17) is 23.2 Å². The number of rotatable bonds is 1. The summed E-state index contributed by atoms with van der Waals surface area (Å²) >= 11 is 16.0. The Hall–Kier alpha value is -0.710. The lowest BCUT2D eigenvalue weighted by molar-refractivity contribution is -0.119. The van der Waals surface area contributed by atoms with Crippen LogP contribution >= 0.6 is 39.1 Å². The van der Waals surface area contributed by atoms with Crippen LogP contribution in [0.1, 0.15) is 25.1 Å². The number of carbonyl (C=O) groups excluding carboxylic acids is 1. The molecule has 1 amide bonds. The van der Waals surface area contributed by atoms with Gasteiger partial charge in [-0.3, -0.25) is 4.79 Å². The molecule has 100 valence electrons. The lowest BCUT2D eigenvalue weighted by Crippen LogP contribution is -2.24. The zero-order chi connectivity index (χ0) is 13.7. The van der Waals surface area contributed by atoms with Crippen LogP contribution in [-0.2, 0) is 11.3 Å². The Balaban J connectivity index is 2.22. The molecule has 1 aliphatic heterocycles. The molecule has 0 aliphatic carbocycles. The highest BCUT2D eigenvalue weighted by molar-refractivity contribution is 9.10. The van der Waals surface area contributed by atoms with Crippen molar-refractivity contribution >= 4 is 55.9 Å². The van der Waals surface area contributed by atoms with Gasteiger partial charge in [0.1, 0.15) is 0 Å². The van der Waals surface area contributed by atoms with Crippen LogP contribution < -0.4 is 5.32 Å². The van der Waals surface area contributed by atoms with Crippen LogP contribution in [0.3, 0.4) is 0 Å². The fourth-order valence-corrected chi connectivity index (χ4v) is 3.80. The van der Waals surface area contributed by atoms with Crippen molar-refractivity contribution in [3.05, 3.63) is 32.3 Å². The number of hydrogen-bond acceptors (Lipinski definition) is 1. The fraction of sp³-hybridized carbons (Fsp3) is 0.308. The summed E-state index contributed by atoms with van der Waals surface area (Å²) in [6.07, 6.45) is 0.880. The number of aryl methyl sites for hydroxylation is 1. The molecule has 6 heteroatoms. The first-order chi connectivity index (χ1) is 8.99. The quantitative estimate of drug-likeness (QED) is 0.755. The molecule has 0 spiro atoms. The van der Waals surface area contributed by atoms with Gasteiger partial charge in [0.25, 0.3) is 0 Å². The van der Waals surface area contributed by atoms with E-state index in [1.807, 2.05) is 0 Å². The summed E-state index contributed by atoms with van der Waals surface area (Å²) in [5, 5.41) is 5.09. The molecular formula is C13H11BrCl2N2O. The number of aromatic nitrogens is 1. The number of hydrogen-bond donors (Lipinski definition) is 1. The maximum Gasteiger partial charge on any atom is 0.217 e. The van der Waals surface area contributed by atoms with E-state index in [1.54, 1.807) is 6.07 Å². The molecule has 0 radical (unpaired) electrons. The van der Waals surface area contributed by atoms with Gasteiger partial charge in [0.2, 0.25) is 5.91 Å². The van der Waals surface area contributed by atoms with Crippen molar-refractivity contribution in [1.82, 2.24) is 9.88 Å². The van der Waals surface area contributed by atoms with Gasteiger partial charge in [-0.15, -0.1) is 0 Å². The van der Waals surface area contributed by atoms with Gasteiger partial charge in [0.05, 0.1) is 21.6 Å². The SMILES string of the molecule is CC(=O)N[C@@H]1CCn2c1cc1c(Br)cc(Cl)c(Cl)c12. The van der Waals surface area contributed by atoms with Crippen molar-refractivity contribution < 1.29 is 4.79 Å². The monoisotopic (exact) mass is 360 g/mol. The minimum absolute atomic E-state index is 0.0214. The second-order valence-corrected chi connectivity index (χ2v) is 6.32. The van der Waals surface area contributed by atoms with Crippen LogP contribution in [-0.4, -0.2) is 10.5 Å². The minimum atomic E-state index is -0.0214. The molecule has 1 aromatic heterocycles. The zero-order valence-corrected chi connectivity index (χ0v) is 13.2. The van der Waals surface area contributed by atoms with Crippen molar-refractivity contribution in [3.63, 3.8) is 0 Å². The van der Waals surface area contributed by atoms with Crippen molar-refractivity contribution in [2.45, 2.75) is 25.9 Å². The molecular weight excluding hydrogens is 351 g/mol. The number of nitrogens with one attached hydrogen (secondary N) is 1. The van der Waals surface area contributed by atoms with E-state index in [9.17, 15) is 4.79 Å². The third kappa shape index (κ3) is 2.06. The molecule has 2 heterocycles. The predicted octanol–water partition coefficient (Wildman–Crippen LogP) is 4.29. The molecule has 1 N–H and O–H groups in total. The summed E-state index contributed by atoms with van der Waals surface area (Å²) in [7, 11) is 0. The minimum Gasteiger partial charge on any atom is -0.348 e. The Morgan fingerprint density at radius 2 is 2.21 bits per heavy atom. The van der Waals surface area contributed by atoms with Crippen LogP contribution in [0.25, 0.3) is 10.9 Å². The smallest absolute Gasteiger partial charge is 0.217 e. The van der Waals surface area contributed by atoms with E-state index in [2.05, 4.69) is 31.9 Å². The number of fused-ring (bicyclic) bond motifs is 3. The highest BCUT2D eigenvalue weighted by atomic mass is 79.9. The second kappa shape index (κ2) is 4.69. The summed E-state index contributed by atoms with van der Waals surface area (Å²) in [5.41, 5.74) is 2.01. The van der Waals surface area contributed by atoms with Crippen molar-refractivity contribution in [3.8, 4) is 0 Å². The molecule has 2 aromatic rings. The highest BCUT2D eigenvalue weighted by Gasteiger charge is 2.27. The first-order valence-electron chi connectivity index (χ1n) is 5.92. The maximum absolute atomic E-state index is 11.2. The average molecular weight is 362 g/mol. The Morgan fingerprint density at radius 3 is 2.89 bits per heavy atom. The lowest BCUT2D eigenvalue weighted by atomic mass is 10.1. The fourth-order valence-electron chi connectivity index (χ4n) is 2.68. The number of carbonyl (C=O) groups is 1. The average Bonchev–Trinajstić information content (AvgIpc) is 2.86. The van der Waals surface area contributed by atoms with Crippen molar-refractivity contribution in [1.29, 1.82) is 0 Å². The van der Waals surface area contributed by atoms with E-state index < -0.39 is 0 Å². The molecule has 3 rings (SSSR count). The Labute approximate surface area is 129 Å². The molecule has 1 aliphatic rings. The molecule has 3 nitrogen and oxygen atoms in total. The normalized spacial score (nSPS) is 17.8. The Morgan fingerprint density at radius 1 is 1.47 bits per heavy atom. The number of nitrogens with zero attached hydrogens (tertiary/aromatic N) is 1. The molecule has 1 atom stereocenters. The Bertz CT molecular complexity index is 696. The van der Waals surface area contributed by atoms with E-state index in [-0.39, 0.29) is 11.9 Å². The molecule has 0 saturated heterocycles. The van der Waals surface area contributed by atoms with Crippen LogP contribution in [0.2, 0.25) is 10.0 Å². The van der Waals surface area contributed by atoms with Gasteiger partial charge in [0.15, 0.2) is 0 Å². The van der Waals surface area contributed by atoms with Crippen molar-refractivity contribution in [2.24, 2.45) is 0 Å². The van der Waals surface area contributed by atoms with E-state index in [0.717, 1.165) is 34.0 Å². The number of halogens is 3. The number of benzene rings is 1. The molecule has 0 unspecified atom stereocenters. The molecule has 0 saturated carbocycles. The zero-order valence-electron chi connectivity index (χ0n) is 10.1. The summed E-state index contributed by atoms with van der Waals surface area (Å²) < 4.78 is 3.05. The third-order valence-electron chi connectivity index (χ3n) is 3.43.